The molecule has 0 atom stereocenters. The molecule has 4 heterocycles. The van der Waals surface area contributed by atoms with Crippen molar-refractivity contribution in [2.45, 2.75) is 0 Å². The third-order valence-electron chi connectivity index (χ3n) is 10.0. The van der Waals surface area contributed by atoms with E-state index in [-0.39, 0.29) is 0 Å². The minimum atomic E-state index is 0.664. The third kappa shape index (κ3) is 4.42. The number of thiophene rings is 2. The molecule has 3 nitrogen and oxygen atoms in total. The topological polar surface area (TPSA) is 30.7 Å². The van der Waals surface area contributed by atoms with Gasteiger partial charge in [0.2, 0.25) is 5.95 Å². The molecule has 51 heavy (non-hydrogen) atoms. The summed E-state index contributed by atoms with van der Waals surface area (Å²) < 4.78 is 7.38. The SMILES string of the molecule is c1ccc(-c2cccc(-c3cc(-c4cccc5c4sc4ccccc45)nc(-n4c5ccccc5c5c6sc7ccccc7c6ccc54)n3)c2)cc1. The Balaban J connectivity index is 1.22. The van der Waals surface area contributed by atoms with Crippen LogP contribution in [0, 0.1) is 0 Å². The van der Waals surface area contributed by atoms with Crippen LogP contribution in [0.1, 0.15) is 0 Å². The second-order valence-corrected chi connectivity index (χ2v) is 15.1. The van der Waals surface area contributed by atoms with E-state index in [0.29, 0.717) is 5.95 Å². The van der Waals surface area contributed by atoms with Crippen LogP contribution in [0.4, 0.5) is 0 Å². The predicted octanol–water partition coefficient (Wildman–Crippen LogP) is 13.3. The first kappa shape index (κ1) is 28.7. The average molecular weight is 686 g/mol. The van der Waals surface area contributed by atoms with Crippen molar-refractivity contribution in [3.05, 3.63) is 164 Å². The Morgan fingerprint density at radius 2 is 1.00 bits per heavy atom. The zero-order valence-corrected chi connectivity index (χ0v) is 28.9. The molecule has 0 aliphatic heterocycles. The highest BCUT2D eigenvalue weighted by Gasteiger charge is 2.21. The lowest BCUT2D eigenvalue weighted by Crippen LogP contribution is -2.04. The van der Waals surface area contributed by atoms with Crippen molar-refractivity contribution in [3.63, 3.8) is 0 Å². The summed E-state index contributed by atoms with van der Waals surface area (Å²) in [5.41, 5.74) is 8.51. The first-order chi connectivity index (χ1) is 25.3. The van der Waals surface area contributed by atoms with Crippen LogP contribution in [-0.4, -0.2) is 14.5 Å². The van der Waals surface area contributed by atoms with Crippen molar-refractivity contribution < 1.29 is 0 Å². The number of rotatable bonds is 4. The van der Waals surface area contributed by atoms with Crippen molar-refractivity contribution >= 4 is 84.8 Å². The Labute approximate surface area is 301 Å². The van der Waals surface area contributed by atoms with Gasteiger partial charge in [0, 0.05) is 62.2 Å². The maximum Gasteiger partial charge on any atom is 0.235 e. The quantitative estimate of drug-likeness (QED) is 0.185. The molecule has 7 aromatic carbocycles. The smallest absolute Gasteiger partial charge is 0.235 e. The predicted molar refractivity (Wildman–Crippen MR) is 218 cm³/mol. The summed E-state index contributed by atoms with van der Waals surface area (Å²) in [6.45, 7) is 0. The molecule has 5 heteroatoms. The summed E-state index contributed by atoms with van der Waals surface area (Å²) in [5, 5.41) is 7.57. The fourth-order valence-corrected chi connectivity index (χ4v) is 10.2. The van der Waals surface area contributed by atoms with Gasteiger partial charge in [-0.2, -0.15) is 0 Å². The summed E-state index contributed by atoms with van der Waals surface area (Å²) in [5.74, 6) is 0.664. The molecule has 0 amide bonds. The molecule has 0 aliphatic carbocycles. The number of nitrogens with zero attached hydrogens (tertiary/aromatic N) is 3. The van der Waals surface area contributed by atoms with Gasteiger partial charge in [-0.3, -0.25) is 4.57 Å². The molecule has 11 rings (SSSR count). The fourth-order valence-electron chi connectivity index (χ4n) is 7.71. The standard InChI is InChI=1S/C46H27N3S2/c1-2-12-28(13-3-1)29-14-10-15-30(26-29)37-27-38(35-20-11-19-33-31-16-5-8-22-41(31)50-44(33)35)48-46(47-37)49-39-21-7-4-18-36(39)43-40(49)25-24-34-32-17-6-9-23-42(32)51-45(34)43/h1-27H. The lowest BCUT2D eigenvalue weighted by Gasteiger charge is -2.13. The highest BCUT2D eigenvalue weighted by atomic mass is 32.1. The fraction of sp³-hybridized carbons (Fsp3) is 0. The lowest BCUT2D eigenvalue weighted by molar-refractivity contribution is 0.996. The van der Waals surface area contributed by atoms with Crippen molar-refractivity contribution in [2.24, 2.45) is 0 Å². The van der Waals surface area contributed by atoms with Gasteiger partial charge in [-0.05, 0) is 47.5 Å². The molecule has 11 aromatic rings. The summed E-state index contributed by atoms with van der Waals surface area (Å²) in [6, 6.07) is 58.6. The van der Waals surface area contributed by atoms with E-state index in [1.54, 1.807) is 0 Å². The Bertz CT molecular complexity index is 3150. The van der Waals surface area contributed by atoms with E-state index in [2.05, 4.69) is 168 Å². The summed E-state index contributed by atoms with van der Waals surface area (Å²) in [6.07, 6.45) is 0. The van der Waals surface area contributed by atoms with Crippen LogP contribution < -0.4 is 0 Å². The van der Waals surface area contributed by atoms with E-state index in [1.807, 2.05) is 22.7 Å². The first-order valence-electron chi connectivity index (χ1n) is 17.1. The van der Waals surface area contributed by atoms with Gasteiger partial charge in [0.05, 0.1) is 22.4 Å². The van der Waals surface area contributed by atoms with Gasteiger partial charge < -0.3 is 0 Å². The zero-order chi connectivity index (χ0) is 33.5. The van der Waals surface area contributed by atoms with Crippen molar-refractivity contribution in [3.8, 4) is 39.6 Å². The van der Waals surface area contributed by atoms with Crippen LogP contribution in [0.15, 0.2) is 164 Å². The van der Waals surface area contributed by atoms with E-state index < -0.39 is 0 Å². The molecule has 0 radical (unpaired) electrons. The number of para-hydroxylation sites is 1. The van der Waals surface area contributed by atoms with Gasteiger partial charge >= 0.3 is 0 Å². The molecule has 0 bridgehead atoms. The van der Waals surface area contributed by atoms with Crippen molar-refractivity contribution in [2.75, 3.05) is 0 Å². The number of fused-ring (bicyclic) bond motifs is 10. The minimum absolute atomic E-state index is 0.664. The summed E-state index contributed by atoms with van der Waals surface area (Å²) in [7, 11) is 0. The van der Waals surface area contributed by atoms with Crippen LogP contribution in [-0.2, 0) is 0 Å². The summed E-state index contributed by atoms with van der Waals surface area (Å²) in [4.78, 5) is 10.9. The monoisotopic (exact) mass is 685 g/mol. The van der Waals surface area contributed by atoms with Crippen LogP contribution in [0.2, 0.25) is 0 Å². The van der Waals surface area contributed by atoms with E-state index in [1.165, 1.54) is 56.7 Å². The van der Waals surface area contributed by atoms with Gasteiger partial charge in [-0.15, -0.1) is 22.7 Å². The third-order valence-corrected chi connectivity index (χ3v) is 12.5. The van der Waals surface area contributed by atoms with Gasteiger partial charge in [0.25, 0.3) is 0 Å². The molecule has 0 unspecified atom stereocenters. The minimum Gasteiger partial charge on any atom is -0.278 e. The molecule has 238 valence electrons. The molecular formula is C46H27N3S2. The molecule has 0 fully saturated rings. The van der Waals surface area contributed by atoms with Gasteiger partial charge in [-0.1, -0.05) is 127 Å². The van der Waals surface area contributed by atoms with Gasteiger partial charge in [0.15, 0.2) is 0 Å². The Morgan fingerprint density at radius 3 is 1.82 bits per heavy atom. The molecule has 4 aromatic heterocycles. The second kappa shape index (κ2) is 11.2. The second-order valence-electron chi connectivity index (χ2n) is 13.0. The van der Waals surface area contributed by atoms with Crippen molar-refractivity contribution in [1.29, 1.82) is 0 Å². The maximum absolute atomic E-state index is 5.46. The van der Waals surface area contributed by atoms with E-state index in [4.69, 9.17) is 9.97 Å². The first-order valence-corrected chi connectivity index (χ1v) is 18.7. The largest absolute Gasteiger partial charge is 0.278 e. The molecule has 0 saturated heterocycles. The van der Waals surface area contributed by atoms with Gasteiger partial charge in [-0.25, -0.2) is 9.97 Å². The summed E-state index contributed by atoms with van der Waals surface area (Å²) >= 11 is 3.70. The molecule has 0 aliphatic rings. The Hall–Kier alpha value is -6.14. The maximum atomic E-state index is 5.46. The molecule has 0 N–H and O–H groups in total. The highest BCUT2D eigenvalue weighted by Crippen LogP contribution is 2.44. The zero-order valence-electron chi connectivity index (χ0n) is 27.2. The van der Waals surface area contributed by atoms with E-state index >= 15 is 0 Å². The number of hydrogen-bond acceptors (Lipinski definition) is 4. The molecule has 0 saturated carbocycles. The number of hydrogen-bond donors (Lipinski definition) is 0. The van der Waals surface area contributed by atoms with Crippen LogP contribution >= 0.6 is 22.7 Å². The van der Waals surface area contributed by atoms with Gasteiger partial charge in [0.1, 0.15) is 0 Å². The average Bonchev–Trinajstić information content (AvgIpc) is 3.88. The van der Waals surface area contributed by atoms with E-state index in [9.17, 15) is 0 Å². The Kier molecular flexibility index (Phi) is 6.29. The van der Waals surface area contributed by atoms with Crippen LogP contribution in [0.3, 0.4) is 0 Å². The number of aromatic nitrogens is 3. The van der Waals surface area contributed by atoms with E-state index in [0.717, 1.165) is 39.1 Å². The molecular weight excluding hydrogens is 659 g/mol. The van der Waals surface area contributed by atoms with Crippen molar-refractivity contribution in [1.82, 2.24) is 14.5 Å². The molecule has 0 spiro atoms. The van der Waals surface area contributed by atoms with Crippen LogP contribution in [0.5, 0.6) is 0 Å². The normalized spacial score (nSPS) is 11.9. The highest BCUT2D eigenvalue weighted by molar-refractivity contribution is 7.27. The van der Waals surface area contributed by atoms with Crippen LogP contribution in [0.25, 0.3) is 102 Å². The Morgan fingerprint density at radius 1 is 0.392 bits per heavy atom. The number of benzene rings is 7. The lowest BCUT2D eigenvalue weighted by atomic mass is 10.0.